The lowest BCUT2D eigenvalue weighted by atomic mass is 9.84. The van der Waals surface area contributed by atoms with Gasteiger partial charge in [-0.3, -0.25) is 4.57 Å². The lowest BCUT2D eigenvalue weighted by Crippen LogP contribution is -2.29. The van der Waals surface area contributed by atoms with Crippen molar-refractivity contribution in [1.82, 2.24) is 0 Å². The summed E-state index contributed by atoms with van der Waals surface area (Å²) in [6, 6.07) is 29.5. The molecule has 0 bridgehead atoms. The maximum atomic E-state index is 14.0. The minimum absolute atomic E-state index is 0.339. The van der Waals surface area contributed by atoms with E-state index in [0.29, 0.717) is 13.2 Å². The van der Waals surface area contributed by atoms with Crippen molar-refractivity contribution in [2.75, 3.05) is 13.2 Å². The zero-order valence-corrected chi connectivity index (χ0v) is 14.6. The normalized spacial score (nSPS) is 16.6. The summed E-state index contributed by atoms with van der Waals surface area (Å²) in [5, 5.41) is -0.993. The van der Waals surface area contributed by atoms with Gasteiger partial charge in [0.1, 0.15) is 5.16 Å². The van der Waals surface area contributed by atoms with Crippen molar-refractivity contribution in [1.29, 1.82) is 0 Å². The van der Waals surface area contributed by atoms with E-state index < -0.39 is 12.8 Å². The van der Waals surface area contributed by atoms with E-state index in [-0.39, 0.29) is 0 Å². The van der Waals surface area contributed by atoms with Gasteiger partial charge in [-0.2, -0.15) is 0 Å². The first kappa shape index (κ1) is 16.3. The lowest BCUT2D eigenvalue weighted by Gasteiger charge is -2.38. The topological polar surface area (TPSA) is 35.5 Å². The Kier molecular flexibility index (Phi) is 4.30. The van der Waals surface area contributed by atoms with E-state index in [0.717, 1.165) is 16.7 Å². The Hall–Kier alpha value is -2.19. The SMILES string of the molecule is O=P1(C(c2ccccc2)(c2ccccc2)c2ccccc2)OCCO1. The smallest absolute Gasteiger partial charge is 0.305 e. The lowest BCUT2D eigenvalue weighted by molar-refractivity contribution is 0.331. The van der Waals surface area contributed by atoms with Crippen LogP contribution in [0.1, 0.15) is 16.7 Å². The predicted molar refractivity (Wildman–Crippen MR) is 98.7 cm³/mol. The molecule has 1 aliphatic heterocycles. The van der Waals surface area contributed by atoms with Crippen LogP contribution >= 0.6 is 7.60 Å². The van der Waals surface area contributed by atoms with Crippen LogP contribution in [0.5, 0.6) is 0 Å². The van der Waals surface area contributed by atoms with Gasteiger partial charge in [0.05, 0.1) is 13.2 Å². The van der Waals surface area contributed by atoms with E-state index in [2.05, 4.69) is 0 Å². The number of benzene rings is 3. The van der Waals surface area contributed by atoms with Crippen LogP contribution in [0.15, 0.2) is 91.0 Å². The second-order valence-electron chi connectivity index (χ2n) is 5.97. The minimum atomic E-state index is -3.48. The summed E-state index contributed by atoms with van der Waals surface area (Å²) in [6.07, 6.45) is 0. The third-order valence-electron chi connectivity index (χ3n) is 4.59. The molecule has 25 heavy (non-hydrogen) atoms. The molecule has 3 nitrogen and oxygen atoms in total. The van der Waals surface area contributed by atoms with Crippen LogP contribution in [0.25, 0.3) is 0 Å². The summed E-state index contributed by atoms with van der Waals surface area (Å²) in [4.78, 5) is 0. The van der Waals surface area contributed by atoms with Gasteiger partial charge < -0.3 is 9.05 Å². The maximum Gasteiger partial charge on any atom is 0.350 e. The van der Waals surface area contributed by atoms with Crippen molar-refractivity contribution in [2.45, 2.75) is 5.16 Å². The molecule has 0 N–H and O–H groups in total. The molecule has 0 aromatic heterocycles. The van der Waals surface area contributed by atoms with Crippen molar-refractivity contribution in [3.8, 4) is 0 Å². The van der Waals surface area contributed by atoms with Crippen molar-refractivity contribution in [2.24, 2.45) is 0 Å². The van der Waals surface area contributed by atoms with E-state index in [1.165, 1.54) is 0 Å². The van der Waals surface area contributed by atoms with Crippen LogP contribution in [-0.2, 0) is 18.8 Å². The van der Waals surface area contributed by atoms with Gasteiger partial charge in [0.25, 0.3) is 0 Å². The van der Waals surface area contributed by atoms with E-state index in [1.807, 2.05) is 91.0 Å². The van der Waals surface area contributed by atoms with Gasteiger partial charge in [-0.25, -0.2) is 0 Å². The molecule has 3 aromatic rings. The fraction of sp³-hybridized carbons (Fsp3) is 0.143. The molecule has 0 spiro atoms. The Bertz CT molecular complexity index is 772. The number of hydrogen-bond donors (Lipinski definition) is 0. The first-order chi connectivity index (χ1) is 12.3. The molecule has 0 saturated carbocycles. The summed E-state index contributed by atoms with van der Waals surface area (Å²) in [5.74, 6) is 0. The van der Waals surface area contributed by atoms with Crippen LogP contribution in [0.4, 0.5) is 0 Å². The first-order valence-electron chi connectivity index (χ1n) is 8.33. The molecule has 0 amide bonds. The van der Waals surface area contributed by atoms with Gasteiger partial charge in [0, 0.05) is 0 Å². The van der Waals surface area contributed by atoms with Crippen LogP contribution in [0.3, 0.4) is 0 Å². The number of rotatable bonds is 4. The average Bonchev–Trinajstić information content (AvgIpc) is 3.13. The molecule has 4 rings (SSSR count). The van der Waals surface area contributed by atoms with Crippen LogP contribution in [-0.4, -0.2) is 13.2 Å². The molecule has 0 atom stereocenters. The van der Waals surface area contributed by atoms with Gasteiger partial charge in [-0.05, 0) is 16.7 Å². The van der Waals surface area contributed by atoms with E-state index in [9.17, 15) is 4.57 Å². The third-order valence-corrected chi connectivity index (χ3v) is 7.23. The van der Waals surface area contributed by atoms with Gasteiger partial charge >= 0.3 is 7.60 Å². The predicted octanol–water partition coefficient (Wildman–Crippen LogP) is 5.22. The largest absolute Gasteiger partial charge is 0.350 e. The van der Waals surface area contributed by atoms with Crippen LogP contribution < -0.4 is 0 Å². The average molecular weight is 350 g/mol. The third kappa shape index (κ3) is 2.56. The molecule has 1 saturated heterocycles. The summed E-state index contributed by atoms with van der Waals surface area (Å²) in [6.45, 7) is 0.678. The molecular weight excluding hydrogens is 331 g/mol. The van der Waals surface area contributed by atoms with Crippen molar-refractivity contribution in [3.63, 3.8) is 0 Å². The van der Waals surface area contributed by atoms with Crippen molar-refractivity contribution >= 4 is 7.60 Å². The quantitative estimate of drug-likeness (QED) is 0.478. The summed E-state index contributed by atoms with van der Waals surface area (Å²) >= 11 is 0. The Labute approximate surface area is 147 Å². The maximum absolute atomic E-state index is 14.0. The van der Waals surface area contributed by atoms with E-state index >= 15 is 0 Å². The highest BCUT2D eigenvalue weighted by Gasteiger charge is 2.56. The number of hydrogen-bond acceptors (Lipinski definition) is 3. The molecule has 4 heteroatoms. The van der Waals surface area contributed by atoms with Crippen molar-refractivity contribution < 1.29 is 13.6 Å². The summed E-state index contributed by atoms with van der Waals surface area (Å²) in [7, 11) is -3.48. The highest BCUT2D eigenvalue weighted by molar-refractivity contribution is 7.56. The van der Waals surface area contributed by atoms with Gasteiger partial charge in [0.2, 0.25) is 0 Å². The Balaban J connectivity index is 2.11. The first-order valence-corrected chi connectivity index (χ1v) is 9.87. The standard InChI is InChI=1S/C21H19O3P/c22-25(23-16-17-24-25)21(18-10-4-1-5-11-18,19-12-6-2-7-13-19)20-14-8-3-9-15-20/h1-15H,16-17H2. The molecule has 3 aromatic carbocycles. The molecule has 0 unspecified atom stereocenters. The summed E-state index contributed by atoms with van der Waals surface area (Å²) in [5.41, 5.74) is 2.70. The van der Waals surface area contributed by atoms with Gasteiger partial charge in [-0.15, -0.1) is 0 Å². The Morgan fingerprint density at radius 3 is 1.24 bits per heavy atom. The van der Waals surface area contributed by atoms with Crippen molar-refractivity contribution in [3.05, 3.63) is 108 Å². The van der Waals surface area contributed by atoms with Gasteiger partial charge in [0.15, 0.2) is 0 Å². The fourth-order valence-corrected chi connectivity index (χ4v) is 6.05. The molecule has 1 fully saturated rings. The highest BCUT2D eigenvalue weighted by atomic mass is 31.2. The van der Waals surface area contributed by atoms with Crippen LogP contribution in [0.2, 0.25) is 0 Å². The molecule has 0 aliphatic carbocycles. The zero-order valence-electron chi connectivity index (χ0n) is 13.7. The van der Waals surface area contributed by atoms with Gasteiger partial charge in [-0.1, -0.05) is 91.0 Å². The molecule has 0 radical (unpaired) electrons. The fourth-order valence-electron chi connectivity index (χ4n) is 3.56. The van der Waals surface area contributed by atoms with Crippen LogP contribution in [0, 0.1) is 0 Å². The molecule has 126 valence electrons. The summed E-state index contributed by atoms with van der Waals surface area (Å²) < 4.78 is 25.6. The highest BCUT2D eigenvalue weighted by Crippen LogP contribution is 2.72. The van der Waals surface area contributed by atoms with E-state index in [4.69, 9.17) is 9.05 Å². The van der Waals surface area contributed by atoms with E-state index in [1.54, 1.807) is 0 Å². The molecular formula is C21H19O3P. The second kappa shape index (κ2) is 6.61. The second-order valence-corrected chi connectivity index (χ2v) is 8.15. The zero-order chi connectivity index (χ0) is 17.2. The minimum Gasteiger partial charge on any atom is -0.305 e. The molecule has 1 aliphatic rings. The molecule has 1 heterocycles. The Morgan fingerprint density at radius 1 is 0.600 bits per heavy atom. The Morgan fingerprint density at radius 2 is 0.920 bits per heavy atom. The monoisotopic (exact) mass is 350 g/mol.